The van der Waals surface area contributed by atoms with E-state index >= 15 is 0 Å². The minimum Gasteiger partial charge on any atom is -0.481 e. The lowest BCUT2D eigenvalue weighted by atomic mass is 10.2. The number of unbranched alkanes of at least 4 members (excludes halogenated alkanes) is 2. The third-order valence-electron chi connectivity index (χ3n) is 1.53. The molecule has 0 aromatic rings. The highest BCUT2D eigenvalue weighted by atomic mass is 16.4. The van der Waals surface area contributed by atoms with Gasteiger partial charge in [0.25, 0.3) is 0 Å². The molecule has 0 fully saturated rings. The number of hydrogen-bond acceptors (Lipinski definition) is 2. The highest BCUT2D eigenvalue weighted by Gasteiger charge is 1.99. The van der Waals surface area contributed by atoms with Gasteiger partial charge < -0.3 is 10.2 Å². The molecule has 0 radical (unpaired) electrons. The predicted molar refractivity (Wildman–Crippen MR) is 54.3 cm³/mol. The second-order valence-electron chi connectivity index (χ2n) is 2.99. The first-order valence-electron chi connectivity index (χ1n) is 4.98. The van der Waals surface area contributed by atoms with Crippen LogP contribution in [0.4, 0.5) is 0 Å². The molecule has 0 saturated carbocycles. The third kappa shape index (κ3) is 22.4. The summed E-state index contributed by atoms with van der Waals surface area (Å²) in [7, 11) is 0. The van der Waals surface area contributed by atoms with Crippen LogP contribution in [-0.4, -0.2) is 22.2 Å². The Morgan fingerprint density at radius 2 is 1.14 bits per heavy atom. The Balaban J connectivity index is 0. The predicted octanol–water partition coefficient (Wildman–Crippen LogP) is 2.52. The van der Waals surface area contributed by atoms with Crippen molar-refractivity contribution in [2.24, 2.45) is 0 Å². The van der Waals surface area contributed by atoms with E-state index in [-0.39, 0.29) is 12.8 Å². The van der Waals surface area contributed by atoms with Gasteiger partial charge in [-0.15, -0.1) is 0 Å². The van der Waals surface area contributed by atoms with Crippen LogP contribution in [0.5, 0.6) is 0 Å². The van der Waals surface area contributed by atoms with E-state index in [4.69, 9.17) is 10.2 Å². The molecule has 0 aromatic heterocycles. The average molecular weight is 204 g/mol. The van der Waals surface area contributed by atoms with E-state index in [1.54, 1.807) is 0 Å². The second-order valence-corrected chi connectivity index (χ2v) is 2.99. The zero-order chi connectivity index (χ0) is 11.4. The van der Waals surface area contributed by atoms with Gasteiger partial charge in [0.2, 0.25) is 0 Å². The SMILES string of the molecule is CCCC.O=C(O)CCCCC(=O)O. The molecule has 4 heteroatoms. The van der Waals surface area contributed by atoms with Crippen LogP contribution in [0.2, 0.25) is 0 Å². The molecule has 0 aliphatic heterocycles. The van der Waals surface area contributed by atoms with E-state index in [9.17, 15) is 9.59 Å². The number of carbonyl (C=O) groups is 2. The van der Waals surface area contributed by atoms with Gasteiger partial charge in [-0.1, -0.05) is 26.7 Å². The zero-order valence-electron chi connectivity index (χ0n) is 8.95. The van der Waals surface area contributed by atoms with Gasteiger partial charge in [-0.3, -0.25) is 9.59 Å². The first kappa shape index (κ1) is 15.4. The first-order valence-corrected chi connectivity index (χ1v) is 4.98. The fourth-order valence-electron chi connectivity index (χ4n) is 0.552. The third-order valence-corrected chi connectivity index (χ3v) is 1.53. The summed E-state index contributed by atoms with van der Waals surface area (Å²) >= 11 is 0. The van der Waals surface area contributed by atoms with Gasteiger partial charge in [-0.2, -0.15) is 0 Å². The van der Waals surface area contributed by atoms with E-state index in [0.717, 1.165) is 0 Å². The van der Waals surface area contributed by atoms with Crippen LogP contribution in [-0.2, 0) is 9.59 Å². The number of carboxylic acids is 2. The first-order chi connectivity index (χ1) is 6.54. The maximum absolute atomic E-state index is 9.90. The van der Waals surface area contributed by atoms with Crippen LogP contribution in [0.15, 0.2) is 0 Å². The Labute approximate surface area is 84.9 Å². The minimum absolute atomic E-state index is 0.0628. The Hall–Kier alpha value is -1.06. The fourth-order valence-corrected chi connectivity index (χ4v) is 0.552. The summed E-state index contributed by atoms with van der Waals surface area (Å²) in [6.07, 6.45) is 3.66. The molecule has 2 N–H and O–H groups in total. The monoisotopic (exact) mass is 204 g/mol. The van der Waals surface area contributed by atoms with Crippen molar-refractivity contribution >= 4 is 11.9 Å². The van der Waals surface area contributed by atoms with Gasteiger partial charge in [0.15, 0.2) is 0 Å². The average Bonchev–Trinajstić information content (AvgIpc) is 2.12. The maximum atomic E-state index is 9.90. The lowest BCUT2D eigenvalue weighted by Crippen LogP contribution is -1.97. The minimum atomic E-state index is -0.870. The molecular weight excluding hydrogens is 184 g/mol. The van der Waals surface area contributed by atoms with Crippen molar-refractivity contribution in [3.8, 4) is 0 Å². The van der Waals surface area contributed by atoms with Crippen LogP contribution in [0, 0.1) is 0 Å². The lowest BCUT2D eigenvalue weighted by molar-refractivity contribution is -0.139. The molecular formula is C10H20O4. The van der Waals surface area contributed by atoms with Gasteiger partial charge in [-0.25, -0.2) is 0 Å². The van der Waals surface area contributed by atoms with E-state index in [1.807, 2.05) is 0 Å². The van der Waals surface area contributed by atoms with Gasteiger partial charge in [0.05, 0.1) is 0 Å². The zero-order valence-corrected chi connectivity index (χ0v) is 8.95. The summed E-state index contributed by atoms with van der Waals surface area (Å²) in [5, 5.41) is 16.3. The summed E-state index contributed by atoms with van der Waals surface area (Å²) in [5.74, 6) is -1.74. The molecule has 0 heterocycles. The summed E-state index contributed by atoms with van der Waals surface area (Å²) in [4.78, 5) is 19.8. The van der Waals surface area contributed by atoms with Gasteiger partial charge in [0.1, 0.15) is 0 Å². The van der Waals surface area contributed by atoms with Crippen LogP contribution < -0.4 is 0 Å². The number of hydrogen-bond donors (Lipinski definition) is 2. The van der Waals surface area contributed by atoms with E-state index in [1.165, 1.54) is 12.8 Å². The van der Waals surface area contributed by atoms with Crippen molar-refractivity contribution in [2.75, 3.05) is 0 Å². The second kappa shape index (κ2) is 11.9. The summed E-state index contributed by atoms with van der Waals surface area (Å²) < 4.78 is 0. The molecule has 0 saturated heterocycles. The fraction of sp³-hybridized carbons (Fsp3) is 0.800. The number of aliphatic carboxylic acids is 2. The Morgan fingerprint density at radius 1 is 0.857 bits per heavy atom. The van der Waals surface area contributed by atoms with Crippen LogP contribution in [0.3, 0.4) is 0 Å². The van der Waals surface area contributed by atoms with Gasteiger partial charge in [-0.05, 0) is 12.8 Å². The standard InChI is InChI=1S/C6H10O4.C4H10/c7-5(8)3-1-2-4-6(9)10;1-3-4-2/h1-4H2,(H,7,8)(H,9,10);3-4H2,1-2H3. The Morgan fingerprint density at radius 3 is 1.29 bits per heavy atom. The van der Waals surface area contributed by atoms with E-state index in [2.05, 4.69) is 13.8 Å². The molecule has 0 amide bonds. The normalized spacial score (nSPS) is 8.71. The molecule has 0 unspecified atom stereocenters. The smallest absolute Gasteiger partial charge is 0.303 e. The van der Waals surface area contributed by atoms with Crippen molar-refractivity contribution in [1.82, 2.24) is 0 Å². The summed E-state index contributed by atoms with van der Waals surface area (Å²) in [6.45, 7) is 4.36. The Kier molecular flexibility index (Phi) is 13.1. The molecule has 0 aliphatic carbocycles. The molecule has 4 nitrogen and oxygen atoms in total. The van der Waals surface area contributed by atoms with E-state index in [0.29, 0.717) is 12.8 Å². The van der Waals surface area contributed by atoms with Gasteiger partial charge >= 0.3 is 11.9 Å². The maximum Gasteiger partial charge on any atom is 0.303 e. The molecule has 14 heavy (non-hydrogen) atoms. The quantitative estimate of drug-likeness (QED) is 0.652. The van der Waals surface area contributed by atoms with Crippen LogP contribution >= 0.6 is 0 Å². The van der Waals surface area contributed by atoms with Gasteiger partial charge in [0, 0.05) is 12.8 Å². The largest absolute Gasteiger partial charge is 0.481 e. The molecule has 0 rings (SSSR count). The van der Waals surface area contributed by atoms with E-state index < -0.39 is 11.9 Å². The molecule has 84 valence electrons. The van der Waals surface area contributed by atoms with Crippen molar-refractivity contribution in [1.29, 1.82) is 0 Å². The highest BCUT2D eigenvalue weighted by Crippen LogP contribution is 1.98. The molecule has 0 atom stereocenters. The highest BCUT2D eigenvalue weighted by molar-refractivity contribution is 5.67. The van der Waals surface area contributed by atoms with Crippen LogP contribution in [0.1, 0.15) is 52.4 Å². The van der Waals surface area contributed by atoms with Crippen molar-refractivity contribution in [2.45, 2.75) is 52.4 Å². The number of rotatable bonds is 6. The summed E-state index contributed by atoms with van der Waals surface area (Å²) in [5.41, 5.74) is 0. The molecule has 0 spiro atoms. The van der Waals surface area contributed by atoms with Crippen LogP contribution in [0.25, 0.3) is 0 Å². The topological polar surface area (TPSA) is 74.6 Å². The molecule has 0 bridgehead atoms. The Bertz CT molecular complexity index is 136. The van der Waals surface area contributed by atoms with Crippen molar-refractivity contribution < 1.29 is 19.8 Å². The molecule has 0 aliphatic rings. The van der Waals surface area contributed by atoms with Crippen molar-refractivity contribution in [3.05, 3.63) is 0 Å². The van der Waals surface area contributed by atoms with Crippen molar-refractivity contribution in [3.63, 3.8) is 0 Å². The number of carboxylic acid groups (broad SMARTS) is 2. The summed E-state index contributed by atoms with van der Waals surface area (Å²) in [6, 6.07) is 0. The molecule has 0 aromatic carbocycles. The lowest BCUT2D eigenvalue weighted by Gasteiger charge is -1.92.